The van der Waals surface area contributed by atoms with E-state index in [1.807, 2.05) is 0 Å². The number of benzene rings is 2. The number of carbonyl (C=O) groups excluding carboxylic acids is 2. The van der Waals surface area contributed by atoms with Crippen molar-refractivity contribution in [3.63, 3.8) is 0 Å². The number of alkyl halides is 3. The highest BCUT2D eigenvalue weighted by molar-refractivity contribution is 5.97. The fourth-order valence-electron chi connectivity index (χ4n) is 2.38. The first-order chi connectivity index (χ1) is 14.6. The zero-order valence-corrected chi connectivity index (χ0v) is 16.2. The van der Waals surface area contributed by atoms with Gasteiger partial charge in [-0.25, -0.2) is 5.48 Å². The highest BCUT2D eigenvalue weighted by Gasteiger charge is 2.29. The summed E-state index contributed by atoms with van der Waals surface area (Å²) in [6.07, 6.45) is -4.40. The lowest BCUT2D eigenvalue weighted by molar-refractivity contribution is -0.137. The molecular weight excluding hydrogens is 411 g/mol. The number of hydrogen-bond donors (Lipinski definition) is 4. The summed E-state index contributed by atoms with van der Waals surface area (Å²) in [5.41, 5.74) is 7.52. The van der Waals surface area contributed by atoms with Crippen LogP contribution in [0.4, 0.5) is 13.2 Å². The second-order valence-corrected chi connectivity index (χ2v) is 6.44. The average molecular weight is 429 g/mol. The predicted octanol–water partition coefficient (Wildman–Crippen LogP) is 2.06. The van der Waals surface area contributed by atoms with E-state index in [2.05, 4.69) is 29.0 Å². The van der Waals surface area contributed by atoms with Gasteiger partial charge in [-0.15, -0.1) is 0 Å². The molecule has 0 aliphatic rings. The van der Waals surface area contributed by atoms with E-state index in [9.17, 15) is 22.8 Å². The molecule has 0 heterocycles. The fraction of sp³-hybridized carbons (Fsp3) is 0.182. The fourth-order valence-corrected chi connectivity index (χ4v) is 2.38. The molecule has 0 fully saturated rings. The van der Waals surface area contributed by atoms with Crippen molar-refractivity contribution in [1.29, 1.82) is 0 Å². The third kappa shape index (κ3) is 6.89. The summed E-state index contributed by atoms with van der Waals surface area (Å²) in [6, 6.07) is 8.66. The lowest BCUT2D eigenvalue weighted by atomic mass is 10.1. The molecule has 0 spiro atoms. The summed E-state index contributed by atoms with van der Waals surface area (Å²) in [7, 11) is 0. The van der Waals surface area contributed by atoms with Gasteiger partial charge in [-0.1, -0.05) is 11.8 Å². The molecule has 0 saturated carbocycles. The van der Waals surface area contributed by atoms with Crippen LogP contribution < -0.4 is 16.5 Å². The van der Waals surface area contributed by atoms with Crippen LogP contribution in [0.15, 0.2) is 48.5 Å². The summed E-state index contributed by atoms with van der Waals surface area (Å²) in [5, 5.41) is 11.1. The molecular formula is C22H18F3N3O3. The van der Waals surface area contributed by atoms with Crippen LogP contribution in [0.2, 0.25) is 0 Å². The minimum atomic E-state index is -4.40. The molecule has 6 nitrogen and oxygen atoms in total. The molecule has 0 unspecified atom stereocenters. The summed E-state index contributed by atoms with van der Waals surface area (Å²) < 4.78 is 37.6. The van der Waals surface area contributed by atoms with E-state index >= 15 is 0 Å². The van der Waals surface area contributed by atoms with Crippen LogP contribution >= 0.6 is 0 Å². The molecule has 2 amide bonds. The van der Waals surface area contributed by atoms with Gasteiger partial charge in [-0.3, -0.25) is 14.8 Å². The first-order valence-corrected chi connectivity index (χ1v) is 8.91. The van der Waals surface area contributed by atoms with Gasteiger partial charge in [0.15, 0.2) is 0 Å². The Labute approximate surface area is 176 Å². The van der Waals surface area contributed by atoms with Crippen LogP contribution in [0.5, 0.6) is 0 Å². The van der Waals surface area contributed by atoms with Crippen molar-refractivity contribution in [3.8, 4) is 23.7 Å². The molecule has 9 heteroatoms. The third-order valence-electron chi connectivity index (χ3n) is 4.04. The Morgan fingerprint density at radius 3 is 1.87 bits per heavy atom. The first-order valence-electron chi connectivity index (χ1n) is 8.91. The minimum Gasteiger partial charge on any atom is -0.339 e. The largest absolute Gasteiger partial charge is 0.416 e. The van der Waals surface area contributed by atoms with E-state index in [4.69, 9.17) is 10.9 Å². The van der Waals surface area contributed by atoms with Crippen LogP contribution in [-0.2, 0) is 11.0 Å². The Balaban J connectivity index is 2.03. The van der Waals surface area contributed by atoms with Crippen LogP contribution in [-0.4, -0.2) is 29.1 Å². The summed E-state index contributed by atoms with van der Waals surface area (Å²) in [5.74, 6) is 9.13. The number of amides is 2. The van der Waals surface area contributed by atoms with Crippen molar-refractivity contribution < 1.29 is 28.0 Å². The maximum Gasteiger partial charge on any atom is 0.416 e. The van der Waals surface area contributed by atoms with E-state index in [1.165, 1.54) is 36.7 Å². The first kappa shape index (κ1) is 23.5. The van der Waals surface area contributed by atoms with Gasteiger partial charge >= 0.3 is 6.18 Å². The van der Waals surface area contributed by atoms with Crippen molar-refractivity contribution >= 4 is 11.8 Å². The molecule has 0 radical (unpaired) electrons. The van der Waals surface area contributed by atoms with Gasteiger partial charge in [0.05, 0.1) is 5.56 Å². The lowest BCUT2D eigenvalue weighted by Gasteiger charge is -2.19. The lowest BCUT2D eigenvalue weighted by Crippen LogP contribution is -2.54. The Hall–Kier alpha value is -3.79. The third-order valence-corrected chi connectivity index (χ3v) is 4.04. The quantitative estimate of drug-likeness (QED) is 0.339. The SMILES string of the molecule is C[C@@H](N)[C@H](NC(=O)c1ccc(C#CC#Cc2ccc(C(F)(F)F)cc2)cc1)C(=O)NO. The Bertz CT molecular complexity index is 1060. The number of nitrogens with one attached hydrogen (secondary N) is 2. The maximum atomic E-state index is 12.5. The number of halogens is 3. The second-order valence-electron chi connectivity index (χ2n) is 6.44. The summed E-state index contributed by atoms with van der Waals surface area (Å²) in [4.78, 5) is 23.8. The highest BCUT2D eigenvalue weighted by atomic mass is 19.4. The van der Waals surface area contributed by atoms with Gasteiger partial charge in [-0.2, -0.15) is 13.2 Å². The van der Waals surface area contributed by atoms with Gasteiger partial charge < -0.3 is 11.1 Å². The topological polar surface area (TPSA) is 104 Å². The summed E-state index contributed by atoms with van der Waals surface area (Å²) >= 11 is 0. The van der Waals surface area contributed by atoms with Crippen molar-refractivity contribution in [2.45, 2.75) is 25.2 Å². The molecule has 31 heavy (non-hydrogen) atoms. The molecule has 0 aliphatic carbocycles. The summed E-state index contributed by atoms with van der Waals surface area (Å²) in [6.45, 7) is 1.50. The number of hydroxylamine groups is 1. The molecule has 0 aliphatic heterocycles. The highest BCUT2D eigenvalue weighted by Crippen LogP contribution is 2.28. The van der Waals surface area contributed by atoms with Crippen molar-refractivity contribution in [2.75, 3.05) is 0 Å². The standard InChI is InChI=1S/C22H18F3N3O3/c1-14(26)19(21(30)28-31)27-20(29)17-10-6-15(7-11-17)4-2-3-5-16-8-12-18(13-9-16)22(23,24)25/h6-14,19,31H,26H2,1H3,(H,27,29)(H,28,30)/t14-,19+/m1/s1. The van der Waals surface area contributed by atoms with Crippen LogP contribution in [0.3, 0.4) is 0 Å². The van der Waals surface area contributed by atoms with Crippen LogP contribution in [0, 0.1) is 23.7 Å². The number of carbonyl (C=O) groups is 2. The maximum absolute atomic E-state index is 12.5. The van der Waals surface area contributed by atoms with E-state index in [1.54, 1.807) is 12.1 Å². The Morgan fingerprint density at radius 2 is 1.45 bits per heavy atom. The van der Waals surface area contributed by atoms with Crippen LogP contribution in [0.1, 0.15) is 34.0 Å². The molecule has 2 atom stereocenters. The minimum absolute atomic E-state index is 0.248. The van der Waals surface area contributed by atoms with E-state index in [0.717, 1.165) is 12.1 Å². The predicted molar refractivity (Wildman–Crippen MR) is 106 cm³/mol. The van der Waals surface area contributed by atoms with Gasteiger partial charge in [0.25, 0.3) is 11.8 Å². The number of nitrogens with two attached hydrogens (primary N) is 1. The normalized spacial score (nSPS) is 12.3. The number of hydrogen-bond acceptors (Lipinski definition) is 4. The Morgan fingerprint density at radius 1 is 0.968 bits per heavy atom. The Kier molecular flexibility index (Phi) is 7.81. The van der Waals surface area contributed by atoms with Crippen molar-refractivity contribution in [2.24, 2.45) is 5.73 Å². The van der Waals surface area contributed by atoms with E-state index in [-0.39, 0.29) is 5.56 Å². The molecule has 2 aromatic rings. The van der Waals surface area contributed by atoms with E-state index < -0.39 is 35.6 Å². The van der Waals surface area contributed by atoms with Crippen molar-refractivity contribution in [3.05, 3.63) is 70.8 Å². The average Bonchev–Trinajstić information content (AvgIpc) is 2.74. The van der Waals surface area contributed by atoms with Gasteiger partial charge in [0.2, 0.25) is 0 Å². The van der Waals surface area contributed by atoms with Crippen LogP contribution in [0.25, 0.3) is 0 Å². The zero-order valence-electron chi connectivity index (χ0n) is 16.2. The molecule has 2 rings (SSSR count). The monoisotopic (exact) mass is 429 g/mol. The van der Waals surface area contributed by atoms with Gasteiger partial charge in [-0.05, 0) is 67.3 Å². The number of rotatable bonds is 4. The molecule has 2 aromatic carbocycles. The molecule has 160 valence electrons. The molecule has 0 saturated heterocycles. The smallest absolute Gasteiger partial charge is 0.339 e. The van der Waals surface area contributed by atoms with Crippen molar-refractivity contribution in [1.82, 2.24) is 10.8 Å². The van der Waals surface area contributed by atoms with Gasteiger partial charge in [0, 0.05) is 22.7 Å². The zero-order chi connectivity index (χ0) is 23.0. The van der Waals surface area contributed by atoms with E-state index in [0.29, 0.717) is 11.1 Å². The molecule has 0 aromatic heterocycles. The molecule has 0 bridgehead atoms. The molecule has 5 N–H and O–H groups in total. The second kappa shape index (κ2) is 10.3. The van der Waals surface area contributed by atoms with Gasteiger partial charge in [0.1, 0.15) is 6.04 Å².